The Kier molecular flexibility index (Phi) is 10.7. The van der Waals surface area contributed by atoms with Gasteiger partial charge in [0.05, 0.1) is 6.54 Å². The minimum Gasteiger partial charge on any atom is -0.357 e. The van der Waals surface area contributed by atoms with Crippen molar-refractivity contribution >= 4 is 17.6 Å². The molecule has 3 N–H and O–H groups in total. The molecule has 8 nitrogen and oxygen atoms in total. The molecular weight excluding hydrogens is 402 g/mol. The van der Waals surface area contributed by atoms with Crippen molar-refractivity contribution < 1.29 is 4.79 Å². The molecule has 1 amide bonds. The van der Waals surface area contributed by atoms with E-state index in [9.17, 15) is 4.79 Å². The second kappa shape index (κ2) is 13.5. The first-order valence-electron chi connectivity index (χ1n) is 11.5. The smallest absolute Gasteiger partial charge is 0.246 e. The Labute approximate surface area is 192 Å². The summed E-state index contributed by atoms with van der Waals surface area (Å²) in [5.41, 5.74) is 1.79. The van der Waals surface area contributed by atoms with E-state index < -0.39 is 0 Å². The van der Waals surface area contributed by atoms with E-state index in [1.807, 2.05) is 24.3 Å². The predicted octanol–water partition coefficient (Wildman–Crippen LogP) is 3.09. The van der Waals surface area contributed by atoms with Crippen LogP contribution in [0.3, 0.4) is 0 Å². The molecule has 1 heterocycles. The number of carbonyl (C=O) groups excluding carboxylic acids is 1. The normalized spacial score (nSPS) is 11.9. The van der Waals surface area contributed by atoms with Crippen molar-refractivity contribution in [2.75, 3.05) is 25.0 Å². The molecule has 1 aromatic carbocycles. The molecular formula is C24H39N7O. The first-order valence-corrected chi connectivity index (χ1v) is 11.5. The molecule has 0 unspecified atom stereocenters. The predicted molar refractivity (Wildman–Crippen MR) is 132 cm³/mol. The lowest BCUT2D eigenvalue weighted by Crippen LogP contribution is -2.41. The Bertz CT molecular complexity index is 823. The molecule has 1 aromatic heterocycles. The van der Waals surface area contributed by atoms with Crippen molar-refractivity contribution in [1.29, 1.82) is 0 Å². The highest BCUT2D eigenvalue weighted by atomic mass is 16.2. The van der Waals surface area contributed by atoms with E-state index >= 15 is 0 Å². The number of nitrogens with zero attached hydrogens (tertiary/aromatic N) is 4. The van der Waals surface area contributed by atoms with Gasteiger partial charge in [0.15, 0.2) is 5.96 Å². The molecule has 0 aliphatic carbocycles. The van der Waals surface area contributed by atoms with Gasteiger partial charge in [0.25, 0.3) is 0 Å². The Morgan fingerprint density at radius 2 is 1.94 bits per heavy atom. The van der Waals surface area contributed by atoms with Crippen LogP contribution in [-0.2, 0) is 17.9 Å². The molecule has 32 heavy (non-hydrogen) atoms. The summed E-state index contributed by atoms with van der Waals surface area (Å²) in [6.45, 7) is 14.5. The molecule has 176 valence electrons. The van der Waals surface area contributed by atoms with Gasteiger partial charge >= 0.3 is 0 Å². The summed E-state index contributed by atoms with van der Waals surface area (Å²) in [4.78, 5) is 19.4. The molecule has 0 radical (unpaired) electrons. The van der Waals surface area contributed by atoms with Gasteiger partial charge in [-0.3, -0.25) is 14.4 Å². The largest absolute Gasteiger partial charge is 0.357 e. The van der Waals surface area contributed by atoms with E-state index in [2.05, 4.69) is 60.6 Å². The van der Waals surface area contributed by atoms with Crippen LogP contribution in [0.5, 0.6) is 0 Å². The fourth-order valence-corrected chi connectivity index (χ4v) is 3.58. The highest BCUT2D eigenvalue weighted by Crippen LogP contribution is 2.12. The average Bonchev–Trinajstić information content (AvgIpc) is 3.24. The van der Waals surface area contributed by atoms with Crippen LogP contribution in [0.1, 0.15) is 46.6 Å². The van der Waals surface area contributed by atoms with E-state index in [-0.39, 0.29) is 12.5 Å². The quantitative estimate of drug-likeness (QED) is 0.268. The number of anilines is 1. The fraction of sp³-hybridized carbons (Fsp3) is 0.542. The summed E-state index contributed by atoms with van der Waals surface area (Å²) < 4.78 is 1.60. The standard InChI is InChI=1S/C24H39N7O/c1-6-25-24(26-12-8-15-31(19(2)3)20(4)5)27-17-21-10-7-11-22(16-21)29-23(32)18-30-14-9-13-28-30/h7,9-11,13-14,16,19-20H,6,8,12,15,17-18H2,1-5H3,(H,29,32)(H2,25,26,27). The number of rotatable bonds is 12. The molecule has 0 saturated heterocycles. The van der Waals surface area contributed by atoms with Gasteiger partial charge in [-0.05, 0) is 64.8 Å². The van der Waals surface area contributed by atoms with Gasteiger partial charge in [0.2, 0.25) is 5.91 Å². The maximum Gasteiger partial charge on any atom is 0.246 e. The number of aliphatic imine (C=N–C) groups is 1. The van der Waals surface area contributed by atoms with Crippen molar-refractivity contribution in [3.8, 4) is 0 Å². The zero-order valence-electron chi connectivity index (χ0n) is 20.1. The molecule has 0 spiro atoms. The first-order chi connectivity index (χ1) is 15.4. The lowest BCUT2D eigenvalue weighted by Gasteiger charge is -2.30. The number of carbonyl (C=O) groups is 1. The van der Waals surface area contributed by atoms with Gasteiger partial charge in [-0.1, -0.05) is 12.1 Å². The van der Waals surface area contributed by atoms with Crippen LogP contribution in [0.15, 0.2) is 47.7 Å². The molecule has 0 aliphatic rings. The van der Waals surface area contributed by atoms with E-state index in [4.69, 9.17) is 4.99 Å². The third-order valence-corrected chi connectivity index (χ3v) is 5.05. The van der Waals surface area contributed by atoms with Gasteiger partial charge in [-0.2, -0.15) is 5.10 Å². The van der Waals surface area contributed by atoms with E-state index in [0.29, 0.717) is 18.6 Å². The molecule has 0 saturated carbocycles. The number of hydrogen-bond donors (Lipinski definition) is 3. The van der Waals surface area contributed by atoms with Crippen LogP contribution in [0.4, 0.5) is 5.69 Å². The van der Waals surface area contributed by atoms with Gasteiger partial charge in [0, 0.05) is 49.8 Å². The third kappa shape index (κ3) is 9.09. The Balaban J connectivity index is 1.86. The summed E-state index contributed by atoms with van der Waals surface area (Å²) in [6.07, 6.45) is 4.48. The molecule has 8 heteroatoms. The van der Waals surface area contributed by atoms with Crippen molar-refractivity contribution in [2.24, 2.45) is 4.99 Å². The number of amides is 1. The van der Waals surface area contributed by atoms with Crippen molar-refractivity contribution in [1.82, 2.24) is 25.3 Å². The number of aromatic nitrogens is 2. The zero-order valence-corrected chi connectivity index (χ0v) is 20.1. The number of hydrogen-bond acceptors (Lipinski definition) is 4. The Morgan fingerprint density at radius 1 is 1.16 bits per heavy atom. The molecule has 0 bridgehead atoms. The second-order valence-electron chi connectivity index (χ2n) is 8.35. The highest BCUT2D eigenvalue weighted by molar-refractivity contribution is 5.90. The minimum absolute atomic E-state index is 0.110. The SMILES string of the molecule is CCNC(=NCc1cccc(NC(=O)Cn2cccn2)c1)NCCCN(C(C)C)C(C)C. The maximum absolute atomic E-state index is 12.2. The Hall–Kier alpha value is -2.87. The average molecular weight is 442 g/mol. The Morgan fingerprint density at radius 3 is 2.59 bits per heavy atom. The maximum atomic E-state index is 12.2. The van der Waals surface area contributed by atoms with Crippen molar-refractivity contribution in [3.63, 3.8) is 0 Å². The number of benzene rings is 1. The van der Waals surface area contributed by atoms with Crippen LogP contribution in [-0.4, -0.2) is 58.3 Å². The lowest BCUT2D eigenvalue weighted by atomic mass is 10.2. The van der Waals surface area contributed by atoms with E-state index in [0.717, 1.165) is 43.3 Å². The molecule has 2 aromatic rings. The highest BCUT2D eigenvalue weighted by Gasteiger charge is 2.12. The zero-order chi connectivity index (χ0) is 23.3. The molecule has 0 atom stereocenters. The van der Waals surface area contributed by atoms with Gasteiger partial charge < -0.3 is 16.0 Å². The van der Waals surface area contributed by atoms with Crippen LogP contribution in [0.25, 0.3) is 0 Å². The first kappa shape index (κ1) is 25.4. The molecule has 2 rings (SSSR count). The lowest BCUT2D eigenvalue weighted by molar-refractivity contribution is -0.116. The summed E-state index contributed by atoms with van der Waals surface area (Å²) in [5.74, 6) is 0.697. The van der Waals surface area contributed by atoms with Crippen molar-refractivity contribution in [2.45, 2.75) is 66.2 Å². The van der Waals surface area contributed by atoms with Gasteiger partial charge in [-0.25, -0.2) is 4.99 Å². The van der Waals surface area contributed by atoms with E-state index in [1.54, 1.807) is 23.1 Å². The van der Waals surface area contributed by atoms with Crippen LogP contribution in [0.2, 0.25) is 0 Å². The number of nitrogens with one attached hydrogen (secondary N) is 3. The molecule has 0 fully saturated rings. The monoisotopic (exact) mass is 441 g/mol. The fourth-order valence-electron chi connectivity index (χ4n) is 3.58. The molecule has 0 aliphatic heterocycles. The van der Waals surface area contributed by atoms with Gasteiger partial charge in [-0.15, -0.1) is 0 Å². The van der Waals surface area contributed by atoms with Crippen LogP contribution in [0, 0.1) is 0 Å². The third-order valence-electron chi connectivity index (χ3n) is 5.05. The van der Waals surface area contributed by atoms with Gasteiger partial charge in [0.1, 0.15) is 6.54 Å². The second-order valence-corrected chi connectivity index (χ2v) is 8.35. The summed E-state index contributed by atoms with van der Waals surface area (Å²) in [5, 5.41) is 13.7. The summed E-state index contributed by atoms with van der Waals surface area (Å²) in [7, 11) is 0. The van der Waals surface area contributed by atoms with Crippen molar-refractivity contribution in [3.05, 3.63) is 48.3 Å². The summed E-state index contributed by atoms with van der Waals surface area (Å²) in [6, 6.07) is 10.7. The minimum atomic E-state index is -0.110. The van der Waals surface area contributed by atoms with Crippen LogP contribution < -0.4 is 16.0 Å². The topological polar surface area (TPSA) is 86.6 Å². The van der Waals surface area contributed by atoms with Crippen LogP contribution >= 0.6 is 0 Å². The number of guanidine groups is 1. The van der Waals surface area contributed by atoms with E-state index in [1.165, 1.54) is 0 Å². The summed E-state index contributed by atoms with van der Waals surface area (Å²) >= 11 is 0.